The van der Waals surface area contributed by atoms with Crippen LogP contribution in [0, 0.1) is 6.92 Å². The smallest absolute Gasteiger partial charge is 0.242 e. The van der Waals surface area contributed by atoms with Gasteiger partial charge in [0.1, 0.15) is 10.0 Å². The molecule has 108 valence electrons. The van der Waals surface area contributed by atoms with Crippen molar-refractivity contribution in [2.45, 2.75) is 18.4 Å². The van der Waals surface area contributed by atoms with Gasteiger partial charge < -0.3 is 0 Å². The highest BCUT2D eigenvalue weighted by molar-refractivity contribution is 7.89. The third-order valence-electron chi connectivity index (χ3n) is 2.81. The topological polar surface area (TPSA) is 50.3 Å². The fourth-order valence-corrected chi connectivity index (χ4v) is 4.06. The van der Waals surface area contributed by atoms with Gasteiger partial charge in [0.15, 0.2) is 0 Å². The van der Waals surface area contributed by atoms with Crippen molar-refractivity contribution in [1.82, 2.24) is 9.29 Å². The minimum Gasteiger partial charge on any atom is -0.242 e. The Kier molecular flexibility index (Phi) is 4.71. The zero-order valence-electron chi connectivity index (χ0n) is 10.8. The molecule has 0 amide bonds. The quantitative estimate of drug-likeness (QED) is 0.791. The van der Waals surface area contributed by atoms with E-state index in [0.29, 0.717) is 6.54 Å². The predicted molar refractivity (Wildman–Crippen MR) is 82.0 cm³/mol. The van der Waals surface area contributed by atoms with Crippen LogP contribution in [0.1, 0.15) is 10.4 Å². The maximum Gasteiger partial charge on any atom is 0.244 e. The molecule has 20 heavy (non-hydrogen) atoms. The van der Waals surface area contributed by atoms with Crippen molar-refractivity contribution < 1.29 is 8.42 Å². The lowest BCUT2D eigenvalue weighted by Gasteiger charge is -2.17. The molecule has 0 saturated carbocycles. The molecular weight excluding hydrogens is 339 g/mol. The summed E-state index contributed by atoms with van der Waals surface area (Å²) in [4.78, 5) is 4.81. The fraction of sp³-hybridized carbons (Fsp3) is 0.250. The molecule has 2 heterocycles. The fourth-order valence-electron chi connectivity index (χ4n) is 1.58. The van der Waals surface area contributed by atoms with Gasteiger partial charge in [-0.15, -0.1) is 11.3 Å². The zero-order chi connectivity index (χ0) is 14.9. The average Bonchev–Trinajstić information content (AvgIpc) is 2.78. The summed E-state index contributed by atoms with van der Waals surface area (Å²) >= 11 is 13.0. The van der Waals surface area contributed by atoms with Crippen LogP contribution in [0.3, 0.4) is 0 Å². The van der Waals surface area contributed by atoms with E-state index in [0.717, 1.165) is 10.4 Å². The summed E-state index contributed by atoms with van der Waals surface area (Å²) in [5.41, 5.74) is 1.07. The highest BCUT2D eigenvalue weighted by Crippen LogP contribution is 2.25. The number of nitrogens with zero attached hydrogens (tertiary/aromatic N) is 2. The summed E-state index contributed by atoms with van der Waals surface area (Å²) in [6.45, 7) is 2.26. The second-order valence-electron chi connectivity index (χ2n) is 4.23. The lowest BCUT2D eigenvalue weighted by molar-refractivity contribution is 0.469. The Hall–Kier alpha value is -0.660. The van der Waals surface area contributed by atoms with E-state index in [4.69, 9.17) is 23.2 Å². The van der Waals surface area contributed by atoms with Crippen LogP contribution in [0.15, 0.2) is 28.6 Å². The molecule has 0 aliphatic heterocycles. The normalized spacial score (nSPS) is 12.1. The summed E-state index contributed by atoms with van der Waals surface area (Å²) in [7, 11) is -2.11. The van der Waals surface area contributed by atoms with Gasteiger partial charge in [-0.25, -0.2) is 13.4 Å². The van der Waals surface area contributed by atoms with Gasteiger partial charge in [-0.2, -0.15) is 4.31 Å². The number of rotatable bonds is 4. The van der Waals surface area contributed by atoms with Crippen LogP contribution in [0.4, 0.5) is 0 Å². The second kappa shape index (κ2) is 5.99. The summed E-state index contributed by atoms with van der Waals surface area (Å²) < 4.78 is 26.1. The molecule has 8 heteroatoms. The number of pyridine rings is 1. The van der Waals surface area contributed by atoms with Crippen LogP contribution in [-0.2, 0) is 16.6 Å². The SMILES string of the molecule is Cc1ccsc1CN(C)S(=O)(=O)c1cnc(Cl)c(Cl)c1. The highest BCUT2D eigenvalue weighted by atomic mass is 35.5. The molecule has 2 rings (SSSR count). The van der Waals surface area contributed by atoms with Gasteiger partial charge in [0.2, 0.25) is 10.0 Å². The molecule has 0 aromatic carbocycles. The van der Waals surface area contributed by atoms with E-state index in [9.17, 15) is 8.42 Å². The van der Waals surface area contributed by atoms with Gasteiger partial charge in [0.25, 0.3) is 0 Å². The van der Waals surface area contributed by atoms with Crippen LogP contribution in [0.25, 0.3) is 0 Å². The molecule has 0 saturated heterocycles. The number of sulfonamides is 1. The molecule has 0 bridgehead atoms. The lowest BCUT2D eigenvalue weighted by atomic mass is 10.3. The van der Waals surface area contributed by atoms with Gasteiger partial charge in [0, 0.05) is 24.7 Å². The maximum atomic E-state index is 12.4. The van der Waals surface area contributed by atoms with Crippen molar-refractivity contribution in [3.8, 4) is 0 Å². The van der Waals surface area contributed by atoms with Crippen molar-refractivity contribution in [3.05, 3.63) is 44.3 Å². The molecule has 0 unspecified atom stereocenters. The maximum absolute atomic E-state index is 12.4. The van der Waals surface area contributed by atoms with E-state index in [1.807, 2.05) is 18.4 Å². The van der Waals surface area contributed by atoms with Gasteiger partial charge in [0.05, 0.1) is 5.02 Å². The average molecular weight is 351 g/mol. The Balaban J connectivity index is 2.29. The summed E-state index contributed by atoms with van der Waals surface area (Å²) in [5, 5.41) is 2.14. The molecule has 0 aliphatic rings. The van der Waals surface area contributed by atoms with Gasteiger partial charge in [-0.05, 0) is 30.0 Å². The number of hydrogen-bond donors (Lipinski definition) is 0. The van der Waals surface area contributed by atoms with Gasteiger partial charge >= 0.3 is 0 Å². The van der Waals surface area contributed by atoms with Crippen molar-refractivity contribution in [3.63, 3.8) is 0 Å². The minimum absolute atomic E-state index is 0.0311. The molecule has 0 N–H and O–H groups in total. The van der Waals surface area contributed by atoms with E-state index < -0.39 is 10.0 Å². The highest BCUT2D eigenvalue weighted by Gasteiger charge is 2.23. The minimum atomic E-state index is -3.64. The van der Waals surface area contributed by atoms with Crippen LogP contribution in [0.2, 0.25) is 10.2 Å². The van der Waals surface area contributed by atoms with Gasteiger partial charge in [-0.1, -0.05) is 23.2 Å². The van der Waals surface area contributed by atoms with Crippen LogP contribution >= 0.6 is 34.5 Å². The first kappa shape index (κ1) is 15.7. The summed E-state index contributed by atoms with van der Waals surface area (Å²) in [6.07, 6.45) is 1.21. The van der Waals surface area contributed by atoms with E-state index >= 15 is 0 Å². The van der Waals surface area contributed by atoms with E-state index in [1.165, 1.54) is 35.0 Å². The molecule has 2 aromatic heterocycles. The monoisotopic (exact) mass is 350 g/mol. The number of hydrogen-bond acceptors (Lipinski definition) is 4. The molecule has 0 fully saturated rings. The summed E-state index contributed by atoms with van der Waals surface area (Å²) in [6, 6.07) is 3.27. The van der Waals surface area contributed by atoms with Crippen molar-refractivity contribution in [2.24, 2.45) is 0 Å². The molecule has 0 atom stereocenters. The molecule has 0 spiro atoms. The first-order chi connectivity index (χ1) is 9.32. The second-order valence-corrected chi connectivity index (χ2v) is 8.04. The van der Waals surface area contributed by atoms with Crippen LogP contribution in [-0.4, -0.2) is 24.8 Å². The Labute approximate surface area is 132 Å². The molecular formula is C12H12Cl2N2O2S2. The van der Waals surface area contributed by atoms with Crippen molar-refractivity contribution in [1.29, 1.82) is 0 Å². The van der Waals surface area contributed by atoms with Crippen molar-refractivity contribution in [2.75, 3.05) is 7.05 Å². The van der Waals surface area contributed by atoms with Crippen molar-refractivity contribution >= 4 is 44.6 Å². The first-order valence-electron chi connectivity index (χ1n) is 5.62. The van der Waals surface area contributed by atoms with Crippen LogP contribution in [0.5, 0.6) is 0 Å². The Morgan fingerprint density at radius 3 is 2.65 bits per heavy atom. The number of thiophene rings is 1. The number of aromatic nitrogens is 1. The Morgan fingerprint density at radius 1 is 1.40 bits per heavy atom. The molecule has 0 aliphatic carbocycles. The molecule has 0 radical (unpaired) electrons. The third-order valence-corrected chi connectivity index (χ3v) is 6.28. The van der Waals surface area contributed by atoms with E-state index in [1.54, 1.807) is 0 Å². The molecule has 2 aromatic rings. The Bertz CT molecular complexity index is 729. The van der Waals surface area contributed by atoms with Gasteiger partial charge in [-0.3, -0.25) is 0 Å². The zero-order valence-corrected chi connectivity index (χ0v) is 13.9. The number of aryl methyl sites for hydroxylation is 1. The first-order valence-corrected chi connectivity index (χ1v) is 8.70. The standard InChI is InChI=1S/C12H12Cl2N2O2S2/c1-8-3-4-19-11(8)7-16(2)20(17,18)9-5-10(13)12(14)15-6-9/h3-6H,7H2,1-2H3. The lowest BCUT2D eigenvalue weighted by Crippen LogP contribution is -2.26. The third kappa shape index (κ3) is 3.15. The summed E-state index contributed by atoms with van der Waals surface area (Å²) in [5.74, 6) is 0. The largest absolute Gasteiger partial charge is 0.244 e. The van der Waals surface area contributed by atoms with E-state index in [-0.39, 0.29) is 15.1 Å². The molecule has 4 nitrogen and oxygen atoms in total. The number of halogens is 2. The van der Waals surface area contributed by atoms with E-state index in [2.05, 4.69) is 4.98 Å². The predicted octanol–water partition coefficient (Wildman–Crippen LogP) is 3.58. The Morgan fingerprint density at radius 2 is 2.10 bits per heavy atom. The van der Waals surface area contributed by atoms with Crippen LogP contribution < -0.4 is 0 Å².